The number of aromatic nitrogens is 3. The van der Waals surface area contributed by atoms with Crippen LogP contribution < -0.4 is 10.3 Å². The van der Waals surface area contributed by atoms with Crippen molar-refractivity contribution in [2.45, 2.75) is 26.2 Å². The molecule has 1 N–H and O–H groups in total. The Morgan fingerprint density at radius 1 is 0.660 bits per heavy atom. The molecule has 0 spiro atoms. The third-order valence-corrected chi connectivity index (χ3v) is 10.6. The Balaban J connectivity index is 0.00000372. The maximum atomic E-state index is 11.5. The summed E-state index contributed by atoms with van der Waals surface area (Å²) in [5, 5.41) is 11.5. The summed E-state index contributed by atoms with van der Waals surface area (Å²) < 4.78 is 2.31. The van der Waals surface area contributed by atoms with Crippen LogP contribution in [0.5, 0.6) is 5.75 Å². The molecule has 0 saturated carbocycles. The van der Waals surface area contributed by atoms with Gasteiger partial charge in [0.25, 0.3) is 0 Å². The second kappa shape index (κ2) is 12.5. The molecule has 2 aliphatic rings. The van der Waals surface area contributed by atoms with Gasteiger partial charge in [-0.3, -0.25) is 4.98 Å². The number of fused-ring (bicyclic) bond motifs is 13. The zero-order chi connectivity index (χ0) is 35.1. The quantitative estimate of drug-likeness (QED) is 0.142. The number of phenolic OH excluding ortho intramolecular Hbond substituents is 1. The summed E-state index contributed by atoms with van der Waals surface area (Å²) >= 11 is 0. The fourth-order valence-corrected chi connectivity index (χ4v) is 8.06. The van der Waals surface area contributed by atoms with Crippen LogP contribution >= 0.6 is 0 Å². The van der Waals surface area contributed by atoms with E-state index in [9.17, 15) is 5.11 Å². The van der Waals surface area contributed by atoms with Gasteiger partial charge in [0.15, 0.2) is 0 Å². The van der Waals surface area contributed by atoms with Crippen molar-refractivity contribution in [2.75, 3.05) is 4.81 Å². The predicted octanol–water partition coefficient (Wildman–Crippen LogP) is 10.3. The molecule has 0 unspecified atom stereocenters. The number of pyridine rings is 1. The minimum absolute atomic E-state index is 0. The van der Waals surface area contributed by atoms with Gasteiger partial charge in [0, 0.05) is 49.9 Å². The molecule has 0 bridgehead atoms. The second-order valence-corrected chi connectivity index (χ2v) is 14.7. The molecule has 0 radical (unpaired) electrons. The summed E-state index contributed by atoms with van der Waals surface area (Å²) in [6, 6.07) is 52.3. The number of hydrogen-bond acceptors (Lipinski definition) is 4. The second-order valence-electron chi connectivity index (χ2n) is 14.7. The summed E-state index contributed by atoms with van der Waals surface area (Å²) in [7, 11) is 0. The molecule has 0 amide bonds. The minimum atomic E-state index is -0.207. The van der Waals surface area contributed by atoms with Crippen LogP contribution in [0.15, 0.2) is 146 Å². The van der Waals surface area contributed by atoms with Crippen LogP contribution in [0.2, 0.25) is 0 Å². The van der Waals surface area contributed by atoms with E-state index in [4.69, 9.17) is 9.97 Å². The van der Waals surface area contributed by atoms with Crippen LogP contribution in [0, 0.1) is 6.07 Å². The molecule has 0 aliphatic carbocycles. The van der Waals surface area contributed by atoms with Gasteiger partial charge in [0.05, 0.1) is 16.6 Å². The number of aromatic hydroxyl groups is 1. The van der Waals surface area contributed by atoms with Gasteiger partial charge in [-0.15, -0.1) is 29.3 Å². The molecule has 8 aromatic rings. The van der Waals surface area contributed by atoms with E-state index in [0.29, 0.717) is 0 Å². The predicted molar refractivity (Wildman–Crippen MR) is 213 cm³/mol. The van der Waals surface area contributed by atoms with Gasteiger partial charge in [-0.1, -0.05) is 129 Å². The summed E-state index contributed by atoms with van der Waals surface area (Å²) in [5.41, 5.74) is 15.3. The van der Waals surface area contributed by atoms with E-state index < -0.39 is 0 Å². The first-order valence-corrected chi connectivity index (χ1v) is 17.8. The maximum Gasteiger partial charge on any atom is 0.422 e. The van der Waals surface area contributed by atoms with Crippen molar-refractivity contribution >= 4 is 34.9 Å². The molecule has 258 valence electrons. The Morgan fingerprint density at radius 2 is 1.36 bits per heavy atom. The molecule has 53 heavy (non-hydrogen) atoms. The fraction of sp³-hybridized carbons (Fsp3) is 0.0870. The number of para-hydroxylation sites is 2. The van der Waals surface area contributed by atoms with E-state index in [-0.39, 0.29) is 39.2 Å². The van der Waals surface area contributed by atoms with E-state index in [1.165, 1.54) is 22.2 Å². The number of benzene rings is 6. The number of phenols is 1. The molecule has 0 atom stereocenters. The van der Waals surface area contributed by atoms with E-state index in [2.05, 4.69) is 157 Å². The molecular formula is C46H34BN4OPt-. The summed E-state index contributed by atoms with van der Waals surface area (Å²) in [6.07, 6.45) is 1.88. The molecular weight excluding hydrogens is 830 g/mol. The zero-order valence-electron chi connectivity index (χ0n) is 29.5. The van der Waals surface area contributed by atoms with Crippen molar-refractivity contribution < 1.29 is 26.2 Å². The molecule has 0 fully saturated rings. The first-order valence-electron chi connectivity index (χ1n) is 17.8. The standard InChI is InChI=1S/C46H34BN4O.Pt/c1-46(2,3)33-26-31(25-32(27-33)38-28-30(23-24-48-38)29-13-5-4-6-14-29)34-17-11-21-41-44(34)49-45-43-40(20-12-22-42(43)52)50-39-19-10-8-16-36(39)35-15-7-9-18-37(35)47(50)51(41)45;/h4-24,26-28,52H,1-3H3;/q-1;. The van der Waals surface area contributed by atoms with E-state index in [1.807, 2.05) is 18.3 Å². The summed E-state index contributed by atoms with van der Waals surface area (Å²) in [5.74, 6) is 0.953. The molecule has 4 heterocycles. The Labute approximate surface area is 324 Å². The largest absolute Gasteiger partial charge is 0.507 e. The van der Waals surface area contributed by atoms with Gasteiger partial charge < -0.3 is 14.4 Å². The third kappa shape index (κ3) is 5.19. The Hall–Kier alpha value is -5.71. The van der Waals surface area contributed by atoms with Crippen molar-refractivity contribution in [3.05, 3.63) is 157 Å². The van der Waals surface area contributed by atoms with Crippen LogP contribution in [-0.2, 0) is 26.5 Å². The average Bonchev–Trinajstić information content (AvgIpc) is 3.57. The van der Waals surface area contributed by atoms with Gasteiger partial charge in [-0.2, -0.15) is 0 Å². The fourth-order valence-electron chi connectivity index (χ4n) is 8.06. The number of hydrogen-bond donors (Lipinski definition) is 1. The molecule has 2 aliphatic heterocycles. The van der Waals surface area contributed by atoms with E-state index >= 15 is 0 Å². The Kier molecular flexibility index (Phi) is 7.80. The summed E-state index contributed by atoms with van der Waals surface area (Å²) in [6.45, 7) is 6.52. The zero-order valence-corrected chi connectivity index (χ0v) is 31.8. The topological polar surface area (TPSA) is 54.2 Å². The Morgan fingerprint density at radius 3 is 2.19 bits per heavy atom. The first-order chi connectivity index (χ1) is 25.3. The monoisotopic (exact) mass is 864 g/mol. The van der Waals surface area contributed by atoms with E-state index in [1.54, 1.807) is 6.07 Å². The van der Waals surface area contributed by atoms with Crippen molar-refractivity contribution in [3.63, 3.8) is 0 Å². The minimum Gasteiger partial charge on any atom is -0.507 e. The molecule has 2 aromatic heterocycles. The molecule has 0 saturated heterocycles. The SMILES string of the molecule is CC(C)(C)c1cc(-c2cc(-c3ccccc3)ccn2)[c-]c(-c2cccc3c2nc2n3B3c4ccccc4-c4ccccc4N3c3cccc(O)c3-2)c1.[Pt]. The number of imidazole rings is 1. The van der Waals surface area contributed by atoms with Crippen LogP contribution in [0.25, 0.3) is 67.1 Å². The maximum absolute atomic E-state index is 11.5. The van der Waals surface area contributed by atoms with Crippen molar-refractivity contribution in [2.24, 2.45) is 0 Å². The van der Waals surface area contributed by atoms with E-state index in [0.717, 1.165) is 67.3 Å². The van der Waals surface area contributed by atoms with Gasteiger partial charge in [-0.05, 0) is 57.9 Å². The number of nitrogens with zero attached hydrogens (tertiary/aromatic N) is 4. The smallest absolute Gasteiger partial charge is 0.422 e. The van der Waals surface area contributed by atoms with Crippen molar-refractivity contribution in [3.8, 4) is 61.8 Å². The number of rotatable bonds is 3. The normalized spacial score (nSPS) is 12.7. The third-order valence-electron chi connectivity index (χ3n) is 10.6. The van der Waals surface area contributed by atoms with Gasteiger partial charge in [0.2, 0.25) is 0 Å². The average molecular weight is 865 g/mol. The molecule has 7 heteroatoms. The van der Waals surface area contributed by atoms with Crippen molar-refractivity contribution in [1.29, 1.82) is 0 Å². The van der Waals surface area contributed by atoms with Gasteiger partial charge in [0.1, 0.15) is 11.6 Å². The van der Waals surface area contributed by atoms with Crippen LogP contribution in [0.1, 0.15) is 26.3 Å². The van der Waals surface area contributed by atoms with Gasteiger partial charge >= 0.3 is 6.98 Å². The van der Waals surface area contributed by atoms with Crippen LogP contribution in [-0.4, -0.2) is 26.5 Å². The molecule has 10 rings (SSSR count). The summed E-state index contributed by atoms with van der Waals surface area (Å²) in [4.78, 5) is 12.6. The van der Waals surface area contributed by atoms with Crippen LogP contribution in [0.3, 0.4) is 0 Å². The Bertz CT molecular complexity index is 2720. The van der Waals surface area contributed by atoms with Crippen molar-refractivity contribution in [1.82, 2.24) is 14.4 Å². The molecule has 6 aromatic carbocycles. The first kappa shape index (κ1) is 33.2. The van der Waals surface area contributed by atoms with Gasteiger partial charge in [-0.25, -0.2) is 4.98 Å². The van der Waals surface area contributed by atoms with Crippen LogP contribution in [0.4, 0.5) is 11.4 Å². The molecule has 5 nitrogen and oxygen atoms in total. The number of anilines is 2.